The third-order valence-corrected chi connectivity index (χ3v) is 5.86. The molecule has 6 nitrogen and oxygen atoms in total. The van der Waals surface area contributed by atoms with Gasteiger partial charge in [-0.25, -0.2) is 9.48 Å². The molecule has 0 aliphatic carbocycles. The Balaban J connectivity index is 1.60. The Morgan fingerprint density at radius 2 is 1.89 bits per heavy atom. The number of aliphatic hydroxyl groups is 1. The van der Waals surface area contributed by atoms with Crippen molar-refractivity contribution in [3.8, 4) is 17.2 Å². The fraction of sp³-hybridized carbons (Fsp3) is 0.409. The number of methoxy groups -OCH3 is 1. The van der Waals surface area contributed by atoms with Gasteiger partial charge in [-0.3, -0.25) is 0 Å². The molecule has 2 aromatic carbocycles. The van der Waals surface area contributed by atoms with Crippen LogP contribution >= 0.6 is 0 Å². The van der Waals surface area contributed by atoms with Crippen LogP contribution in [0.3, 0.4) is 0 Å². The Morgan fingerprint density at radius 1 is 1.07 bits per heavy atom. The maximum atomic E-state index is 11.9. The highest BCUT2D eigenvalue weighted by Gasteiger charge is 2.53. The molecule has 0 aromatic heterocycles. The summed E-state index contributed by atoms with van der Waals surface area (Å²) in [4.78, 5) is 2.20. The molecule has 146 valence electrons. The smallest absolute Gasteiger partial charge is 0.271 e. The summed E-state index contributed by atoms with van der Waals surface area (Å²) in [5.41, 5.74) is 0.695. The van der Waals surface area contributed by atoms with Crippen LogP contribution in [0.25, 0.3) is 0 Å². The van der Waals surface area contributed by atoms with E-state index in [0.29, 0.717) is 25.5 Å². The number of para-hydroxylation sites is 2. The lowest BCUT2D eigenvalue weighted by molar-refractivity contribution is -0.661. The molecule has 0 radical (unpaired) electrons. The summed E-state index contributed by atoms with van der Waals surface area (Å²) >= 11 is 0. The molecule has 0 spiro atoms. The zero-order valence-corrected chi connectivity index (χ0v) is 16.1. The maximum absolute atomic E-state index is 11.9. The van der Waals surface area contributed by atoms with Gasteiger partial charge in [0.25, 0.3) is 11.6 Å². The third-order valence-electron chi connectivity index (χ3n) is 5.86. The predicted octanol–water partition coefficient (Wildman–Crippen LogP) is 2.73. The number of β-amino-alcohol motifs (C(OH)–C–C–N with tert-alkyl or cyclic N) is 1. The zero-order valence-electron chi connectivity index (χ0n) is 16.1. The van der Waals surface area contributed by atoms with Crippen LogP contribution in [0.15, 0.2) is 42.5 Å². The van der Waals surface area contributed by atoms with Crippen LogP contribution in [0, 0.1) is 0 Å². The number of ether oxygens (including phenoxy) is 3. The van der Waals surface area contributed by atoms with E-state index in [1.807, 2.05) is 42.5 Å². The largest absolute Gasteiger partial charge is 0.492 e. The summed E-state index contributed by atoms with van der Waals surface area (Å²) in [6.45, 7) is 2.36. The molecule has 0 saturated carbocycles. The maximum Gasteiger partial charge on any atom is 0.271 e. The fourth-order valence-electron chi connectivity index (χ4n) is 4.51. The van der Waals surface area contributed by atoms with Crippen LogP contribution in [0.5, 0.6) is 17.2 Å². The van der Waals surface area contributed by atoms with Crippen molar-refractivity contribution < 1.29 is 23.9 Å². The average molecular weight is 381 g/mol. The number of anilines is 1. The molecule has 0 unspecified atom stereocenters. The highest BCUT2D eigenvalue weighted by Crippen LogP contribution is 2.41. The van der Waals surface area contributed by atoms with Crippen LogP contribution in [0.4, 0.5) is 5.69 Å². The van der Waals surface area contributed by atoms with E-state index in [1.54, 1.807) is 7.11 Å². The van der Waals surface area contributed by atoms with Crippen LogP contribution in [-0.2, 0) is 5.72 Å². The van der Waals surface area contributed by atoms with Crippen LogP contribution in [-0.4, -0.2) is 48.9 Å². The van der Waals surface area contributed by atoms with Crippen molar-refractivity contribution in [3.63, 3.8) is 0 Å². The molecule has 3 heterocycles. The van der Waals surface area contributed by atoms with Gasteiger partial charge in [0, 0.05) is 12.0 Å². The van der Waals surface area contributed by atoms with Gasteiger partial charge in [-0.2, -0.15) is 0 Å². The number of hydrogen-bond acceptors (Lipinski definition) is 5. The molecule has 2 aromatic rings. The lowest BCUT2D eigenvalue weighted by Gasteiger charge is -2.26. The second kappa shape index (κ2) is 6.71. The van der Waals surface area contributed by atoms with Gasteiger partial charge in [0.1, 0.15) is 13.2 Å². The first-order chi connectivity index (χ1) is 13.7. The standard InChI is InChI=1S/C22H25N2O4/c1-26-18-7-3-2-6-17(18)23-15-22(25,24-11-5-4-8-21(23)24)16-9-10-19-20(14-16)28-13-12-27-19/h2-3,6-7,9-10,14,25H,4-5,8,11-13,15H2,1H3/q+1/t22-/m0/s1. The summed E-state index contributed by atoms with van der Waals surface area (Å²) in [7, 11) is 1.69. The highest BCUT2D eigenvalue weighted by atomic mass is 16.6. The van der Waals surface area contributed by atoms with Crippen molar-refractivity contribution in [1.82, 2.24) is 0 Å². The topological polar surface area (TPSA) is 54.2 Å². The van der Waals surface area contributed by atoms with E-state index in [0.717, 1.165) is 54.4 Å². The van der Waals surface area contributed by atoms with E-state index < -0.39 is 5.72 Å². The third kappa shape index (κ3) is 2.63. The lowest BCUT2D eigenvalue weighted by Crippen LogP contribution is -2.41. The van der Waals surface area contributed by atoms with E-state index >= 15 is 0 Å². The first-order valence-electron chi connectivity index (χ1n) is 9.87. The highest BCUT2D eigenvalue weighted by molar-refractivity contribution is 5.97. The minimum Gasteiger partial charge on any atom is -0.492 e. The summed E-state index contributed by atoms with van der Waals surface area (Å²) in [5, 5.41) is 11.9. The van der Waals surface area contributed by atoms with Gasteiger partial charge in [-0.05, 0) is 43.2 Å². The molecule has 0 fully saturated rings. The van der Waals surface area contributed by atoms with Gasteiger partial charge in [0.2, 0.25) is 0 Å². The molecule has 1 N–H and O–H groups in total. The van der Waals surface area contributed by atoms with Gasteiger partial charge in [-0.15, -0.1) is 0 Å². The predicted molar refractivity (Wildman–Crippen MR) is 106 cm³/mol. The molecular weight excluding hydrogens is 356 g/mol. The first-order valence-corrected chi connectivity index (χ1v) is 9.87. The molecule has 3 aliphatic rings. The number of hydrogen-bond donors (Lipinski definition) is 1. The molecule has 28 heavy (non-hydrogen) atoms. The molecular formula is C22H25N2O4+. The van der Waals surface area contributed by atoms with E-state index in [4.69, 9.17) is 14.2 Å². The Labute approximate surface area is 164 Å². The van der Waals surface area contributed by atoms with E-state index in [9.17, 15) is 5.11 Å². The first kappa shape index (κ1) is 17.4. The normalized spacial score (nSPS) is 23.6. The Bertz CT molecular complexity index is 942. The number of benzene rings is 2. The monoisotopic (exact) mass is 381 g/mol. The quantitative estimate of drug-likeness (QED) is 0.829. The van der Waals surface area contributed by atoms with E-state index in [1.165, 1.54) is 0 Å². The van der Waals surface area contributed by atoms with Gasteiger partial charge in [0.15, 0.2) is 29.5 Å². The Morgan fingerprint density at radius 3 is 2.75 bits per heavy atom. The van der Waals surface area contributed by atoms with Crippen LogP contribution in [0.1, 0.15) is 24.8 Å². The van der Waals surface area contributed by atoms with Gasteiger partial charge < -0.3 is 19.3 Å². The summed E-state index contributed by atoms with van der Waals surface area (Å²) < 4.78 is 19.1. The molecule has 5 rings (SSSR count). The van der Waals surface area contributed by atoms with Crippen LogP contribution < -0.4 is 19.1 Å². The fourth-order valence-corrected chi connectivity index (χ4v) is 4.51. The number of rotatable bonds is 3. The minimum absolute atomic E-state index is 0.447. The van der Waals surface area contributed by atoms with Gasteiger partial charge >= 0.3 is 0 Å². The van der Waals surface area contributed by atoms with E-state index in [2.05, 4.69) is 9.48 Å². The van der Waals surface area contributed by atoms with Crippen molar-refractivity contribution in [2.24, 2.45) is 0 Å². The molecule has 6 heteroatoms. The van der Waals surface area contributed by atoms with Gasteiger partial charge in [0.05, 0.1) is 13.7 Å². The molecule has 0 saturated heterocycles. The van der Waals surface area contributed by atoms with Crippen molar-refractivity contribution in [3.05, 3.63) is 48.0 Å². The average Bonchev–Trinajstić information content (AvgIpc) is 3.07. The molecule has 0 amide bonds. The van der Waals surface area contributed by atoms with Crippen molar-refractivity contribution >= 4 is 11.5 Å². The molecule has 1 atom stereocenters. The summed E-state index contributed by atoms with van der Waals surface area (Å²) in [6, 6.07) is 13.8. The number of nitrogens with zero attached hydrogens (tertiary/aromatic N) is 2. The van der Waals surface area contributed by atoms with E-state index in [-0.39, 0.29) is 0 Å². The number of amidine groups is 1. The van der Waals surface area contributed by atoms with Crippen LogP contribution in [0.2, 0.25) is 0 Å². The SMILES string of the molecule is COc1ccccc1N1C[C@](O)(c2ccc3c(c2)OCCO3)[N+]2=C1CCCC2. The van der Waals surface area contributed by atoms with Crippen molar-refractivity contribution in [1.29, 1.82) is 0 Å². The lowest BCUT2D eigenvalue weighted by atomic mass is 10.0. The summed E-state index contributed by atoms with van der Waals surface area (Å²) in [5.74, 6) is 3.40. The van der Waals surface area contributed by atoms with Gasteiger partial charge in [-0.1, -0.05) is 12.1 Å². The Kier molecular flexibility index (Phi) is 4.16. The Hall–Kier alpha value is -2.73. The minimum atomic E-state index is -1.12. The summed E-state index contributed by atoms with van der Waals surface area (Å²) in [6.07, 6.45) is 3.12. The second-order valence-electron chi connectivity index (χ2n) is 7.46. The van der Waals surface area contributed by atoms with Crippen molar-refractivity contribution in [2.45, 2.75) is 25.0 Å². The van der Waals surface area contributed by atoms with Crippen molar-refractivity contribution in [2.75, 3.05) is 38.3 Å². The number of fused-ring (bicyclic) bond motifs is 1. The zero-order chi connectivity index (χ0) is 19.1. The second-order valence-corrected chi connectivity index (χ2v) is 7.46. The molecule has 0 bridgehead atoms. The molecule has 3 aliphatic heterocycles.